The summed E-state index contributed by atoms with van der Waals surface area (Å²) in [5.41, 5.74) is 5.37. The first kappa shape index (κ1) is 14.7. The molecule has 21 heavy (non-hydrogen) atoms. The predicted molar refractivity (Wildman–Crippen MR) is 81.4 cm³/mol. The lowest BCUT2D eigenvalue weighted by molar-refractivity contribution is -0.123. The van der Waals surface area contributed by atoms with Gasteiger partial charge in [-0.15, -0.1) is 0 Å². The van der Waals surface area contributed by atoms with Crippen molar-refractivity contribution in [3.63, 3.8) is 0 Å². The topological polar surface area (TPSA) is 63.6 Å². The monoisotopic (exact) mass is 283 g/mol. The summed E-state index contributed by atoms with van der Waals surface area (Å²) in [6.45, 7) is 3.84. The minimum Gasteiger partial charge on any atom is -0.483 e. The Morgan fingerprint density at radius 3 is 2.81 bits per heavy atom. The molecule has 1 aromatic carbocycles. The SMILES string of the molecule is Cc1ccc(C)c(OCC(=O)NN=Cc2ccncc2)c1. The number of rotatable bonds is 5. The van der Waals surface area contributed by atoms with E-state index in [-0.39, 0.29) is 12.5 Å². The van der Waals surface area contributed by atoms with Gasteiger partial charge in [-0.25, -0.2) is 5.43 Å². The van der Waals surface area contributed by atoms with Crippen molar-refractivity contribution >= 4 is 12.1 Å². The van der Waals surface area contributed by atoms with Crippen molar-refractivity contribution in [1.82, 2.24) is 10.4 Å². The number of aromatic nitrogens is 1. The van der Waals surface area contributed by atoms with Crippen LogP contribution in [0.1, 0.15) is 16.7 Å². The first-order chi connectivity index (χ1) is 10.1. The standard InChI is InChI=1S/C16H17N3O2/c1-12-3-4-13(2)15(9-12)21-11-16(20)19-18-10-14-5-7-17-8-6-14/h3-10H,11H2,1-2H3,(H,19,20). The van der Waals surface area contributed by atoms with Gasteiger partial charge in [0.05, 0.1) is 6.21 Å². The molecule has 0 bridgehead atoms. The van der Waals surface area contributed by atoms with Gasteiger partial charge in [-0.05, 0) is 48.7 Å². The summed E-state index contributed by atoms with van der Waals surface area (Å²) < 4.78 is 5.49. The van der Waals surface area contributed by atoms with Crippen LogP contribution in [0.3, 0.4) is 0 Å². The van der Waals surface area contributed by atoms with E-state index in [0.29, 0.717) is 5.75 Å². The van der Waals surface area contributed by atoms with Crippen molar-refractivity contribution in [3.05, 3.63) is 59.4 Å². The zero-order chi connectivity index (χ0) is 15.1. The van der Waals surface area contributed by atoms with E-state index in [1.165, 1.54) is 0 Å². The molecular weight excluding hydrogens is 266 g/mol. The van der Waals surface area contributed by atoms with E-state index in [9.17, 15) is 4.79 Å². The molecule has 2 aromatic rings. The number of nitrogens with one attached hydrogen (secondary N) is 1. The van der Waals surface area contributed by atoms with Gasteiger partial charge < -0.3 is 4.74 Å². The van der Waals surface area contributed by atoms with Crippen LogP contribution in [0, 0.1) is 13.8 Å². The fourth-order valence-corrected chi connectivity index (χ4v) is 1.67. The molecule has 108 valence electrons. The number of hydrazone groups is 1. The highest BCUT2D eigenvalue weighted by Crippen LogP contribution is 2.18. The van der Waals surface area contributed by atoms with E-state index in [1.54, 1.807) is 30.7 Å². The number of carbonyl (C=O) groups excluding carboxylic acids is 1. The lowest BCUT2D eigenvalue weighted by atomic mass is 10.1. The van der Waals surface area contributed by atoms with Crippen LogP contribution >= 0.6 is 0 Å². The minimum absolute atomic E-state index is 0.0714. The third kappa shape index (κ3) is 4.72. The molecule has 0 aliphatic heterocycles. The molecule has 0 atom stereocenters. The van der Waals surface area contributed by atoms with Gasteiger partial charge in [-0.3, -0.25) is 9.78 Å². The number of hydrogen-bond acceptors (Lipinski definition) is 4. The Kier molecular flexibility index (Phi) is 5.04. The van der Waals surface area contributed by atoms with Crippen LogP contribution < -0.4 is 10.2 Å². The summed E-state index contributed by atoms with van der Waals surface area (Å²) in [7, 11) is 0. The molecule has 5 nitrogen and oxygen atoms in total. The highest BCUT2D eigenvalue weighted by Gasteiger charge is 2.04. The van der Waals surface area contributed by atoms with Crippen LogP contribution in [0.15, 0.2) is 47.8 Å². The van der Waals surface area contributed by atoms with E-state index in [4.69, 9.17) is 4.74 Å². The quantitative estimate of drug-likeness (QED) is 0.676. The number of aryl methyl sites for hydroxylation is 2. The van der Waals surface area contributed by atoms with E-state index in [0.717, 1.165) is 16.7 Å². The summed E-state index contributed by atoms with van der Waals surface area (Å²) in [5.74, 6) is 0.407. The smallest absolute Gasteiger partial charge is 0.277 e. The number of amides is 1. The molecule has 1 N–H and O–H groups in total. The van der Waals surface area contributed by atoms with Crippen molar-refractivity contribution < 1.29 is 9.53 Å². The van der Waals surface area contributed by atoms with Crippen LogP contribution in [-0.4, -0.2) is 23.7 Å². The summed E-state index contributed by atoms with van der Waals surface area (Å²) >= 11 is 0. The Hall–Kier alpha value is -2.69. The fourth-order valence-electron chi connectivity index (χ4n) is 1.67. The number of hydrogen-bond donors (Lipinski definition) is 1. The molecule has 1 aromatic heterocycles. The van der Waals surface area contributed by atoms with E-state index in [2.05, 4.69) is 15.5 Å². The highest BCUT2D eigenvalue weighted by atomic mass is 16.5. The molecular formula is C16H17N3O2. The molecule has 0 radical (unpaired) electrons. The van der Waals surface area contributed by atoms with Gasteiger partial charge in [0.1, 0.15) is 5.75 Å². The Labute approximate surface area is 123 Å². The highest BCUT2D eigenvalue weighted by molar-refractivity contribution is 5.82. The molecule has 0 aliphatic rings. The number of nitrogens with zero attached hydrogens (tertiary/aromatic N) is 2. The Balaban J connectivity index is 1.82. The lowest BCUT2D eigenvalue weighted by Gasteiger charge is -2.08. The fraction of sp³-hybridized carbons (Fsp3) is 0.188. The Morgan fingerprint density at radius 2 is 2.05 bits per heavy atom. The molecule has 0 spiro atoms. The zero-order valence-electron chi connectivity index (χ0n) is 12.0. The van der Waals surface area contributed by atoms with Gasteiger partial charge in [0.2, 0.25) is 0 Å². The molecule has 1 amide bonds. The predicted octanol–water partition coefficient (Wildman–Crippen LogP) is 2.23. The van der Waals surface area contributed by atoms with Crippen LogP contribution in [0.2, 0.25) is 0 Å². The maximum Gasteiger partial charge on any atom is 0.277 e. The van der Waals surface area contributed by atoms with Gasteiger partial charge in [-0.2, -0.15) is 5.10 Å². The van der Waals surface area contributed by atoms with Gasteiger partial charge in [-0.1, -0.05) is 12.1 Å². The van der Waals surface area contributed by atoms with Gasteiger partial charge >= 0.3 is 0 Å². The summed E-state index contributed by atoms with van der Waals surface area (Å²) in [6.07, 6.45) is 4.87. The number of pyridine rings is 1. The first-order valence-corrected chi connectivity index (χ1v) is 6.57. The van der Waals surface area contributed by atoms with E-state index < -0.39 is 0 Å². The second-order valence-corrected chi connectivity index (χ2v) is 4.63. The second-order valence-electron chi connectivity index (χ2n) is 4.63. The molecule has 0 aliphatic carbocycles. The van der Waals surface area contributed by atoms with Crippen molar-refractivity contribution in [1.29, 1.82) is 0 Å². The molecule has 2 rings (SSSR count). The third-order valence-electron chi connectivity index (χ3n) is 2.81. The van der Waals surface area contributed by atoms with Gasteiger partial charge in [0.25, 0.3) is 5.91 Å². The maximum absolute atomic E-state index is 11.6. The van der Waals surface area contributed by atoms with Gasteiger partial charge in [0.15, 0.2) is 6.61 Å². The third-order valence-corrected chi connectivity index (χ3v) is 2.81. The summed E-state index contributed by atoms with van der Waals surface area (Å²) in [5, 5.41) is 3.86. The summed E-state index contributed by atoms with van der Waals surface area (Å²) in [4.78, 5) is 15.5. The zero-order valence-corrected chi connectivity index (χ0v) is 12.0. The average Bonchev–Trinajstić information content (AvgIpc) is 2.49. The van der Waals surface area contributed by atoms with Crippen LogP contribution in [0.4, 0.5) is 0 Å². The van der Waals surface area contributed by atoms with Crippen molar-refractivity contribution in [2.45, 2.75) is 13.8 Å². The first-order valence-electron chi connectivity index (χ1n) is 6.57. The minimum atomic E-state index is -0.304. The Bertz CT molecular complexity index is 639. The molecule has 5 heteroatoms. The van der Waals surface area contributed by atoms with Crippen molar-refractivity contribution in [2.75, 3.05) is 6.61 Å². The van der Waals surface area contributed by atoms with Crippen LogP contribution in [0.25, 0.3) is 0 Å². The maximum atomic E-state index is 11.6. The van der Waals surface area contributed by atoms with E-state index in [1.807, 2.05) is 32.0 Å². The van der Waals surface area contributed by atoms with Crippen LogP contribution in [0.5, 0.6) is 5.75 Å². The Morgan fingerprint density at radius 1 is 1.29 bits per heavy atom. The number of ether oxygens (including phenoxy) is 1. The molecule has 0 saturated heterocycles. The van der Waals surface area contributed by atoms with Crippen LogP contribution in [-0.2, 0) is 4.79 Å². The molecule has 1 heterocycles. The van der Waals surface area contributed by atoms with Crippen molar-refractivity contribution in [3.8, 4) is 5.75 Å². The number of carbonyl (C=O) groups is 1. The van der Waals surface area contributed by atoms with E-state index >= 15 is 0 Å². The average molecular weight is 283 g/mol. The van der Waals surface area contributed by atoms with Crippen molar-refractivity contribution in [2.24, 2.45) is 5.10 Å². The lowest BCUT2D eigenvalue weighted by Crippen LogP contribution is -2.24. The number of benzene rings is 1. The largest absolute Gasteiger partial charge is 0.483 e. The summed E-state index contributed by atoms with van der Waals surface area (Å²) in [6, 6.07) is 9.46. The normalized spacial score (nSPS) is 10.6. The second kappa shape index (κ2) is 7.19. The van der Waals surface area contributed by atoms with Gasteiger partial charge in [0, 0.05) is 12.4 Å². The molecule has 0 unspecified atom stereocenters. The molecule has 0 saturated carbocycles. The molecule has 0 fully saturated rings.